The van der Waals surface area contributed by atoms with Gasteiger partial charge in [0, 0.05) is 17.6 Å². The molecule has 1 saturated heterocycles. The molecular formula is C13H13BrFN3O. The van der Waals surface area contributed by atoms with Crippen molar-refractivity contribution in [2.24, 2.45) is 0 Å². The number of hydrogen-bond donors (Lipinski definition) is 1. The van der Waals surface area contributed by atoms with Crippen LogP contribution in [-0.4, -0.2) is 23.1 Å². The van der Waals surface area contributed by atoms with E-state index in [9.17, 15) is 9.18 Å². The Bertz CT molecular complexity index is 679. The van der Waals surface area contributed by atoms with E-state index in [1.165, 1.54) is 18.6 Å². The Morgan fingerprint density at radius 2 is 2.00 bits per heavy atom. The average molecular weight is 326 g/mol. The van der Waals surface area contributed by atoms with Crippen LogP contribution in [0.4, 0.5) is 10.3 Å². The first-order valence-corrected chi connectivity index (χ1v) is 7.08. The third-order valence-corrected chi connectivity index (χ3v) is 3.98. The van der Waals surface area contributed by atoms with E-state index in [2.05, 4.69) is 30.8 Å². The van der Waals surface area contributed by atoms with Crippen LogP contribution < -0.4 is 10.5 Å². The van der Waals surface area contributed by atoms with Gasteiger partial charge in [0.05, 0.1) is 10.9 Å². The number of H-pyrrole nitrogens is 1. The monoisotopic (exact) mass is 325 g/mol. The Hall–Kier alpha value is -1.43. The molecule has 1 fully saturated rings. The van der Waals surface area contributed by atoms with E-state index in [0.717, 1.165) is 25.9 Å². The van der Waals surface area contributed by atoms with Crippen LogP contribution in [0, 0.1) is 5.82 Å². The van der Waals surface area contributed by atoms with E-state index in [4.69, 9.17) is 0 Å². The van der Waals surface area contributed by atoms with Gasteiger partial charge in [0.25, 0.3) is 5.56 Å². The van der Waals surface area contributed by atoms with Gasteiger partial charge in [0.2, 0.25) is 5.95 Å². The van der Waals surface area contributed by atoms with Gasteiger partial charge in [-0.2, -0.15) is 0 Å². The predicted molar refractivity (Wildman–Crippen MR) is 76.1 cm³/mol. The predicted octanol–water partition coefficient (Wildman–Crippen LogP) is 2.82. The molecule has 0 bridgehead atoms. The molecule has 1 aromatic carbocycles. The summed E-state index contributed by atoms with van der Waals surface area (Å²) >= 11 is 3.27. The summed E-state index contributed by atoms with van der Waals surface area (Å²) in [7, 11) is 0. The van der Waals surface area contributed by atoms with E-state index in [0.29, 0.717) is 15.9 Å². The Balaban J connectivity index is 2.15. The Labute approximate surface area is 117 Å². The smallest absolute Gasteiger partial charge is 0.260 e. The molecule has 0 aliphatic carbocycles. The largest absolute Gasteiger partial charge is 0.342 e. The molecule has 1 N–H and O–H groups in total. The second-order valence-electron chi connectivity index (χ2n) is 4.72. The molecular weight excluding hydrogens is 313 g/mol. The van der Waals surface area contributed by atoms with E-state index in [1.807, 2.05) is 0 Å². The number of piperidine rings is 1. The van der Waals surface area contributed by atoms with E-state index >= 15 is 0 Å². The summed E-state index contributed by atoms with van der Waals surface area (Å²) in [5.41, 5.74) is 0.205. The highest BCUT2D eigenvalue weighted by molar-refractivity contribution is 9.10. The lowest BCUT2D eigenvalue weighted by molar-refractivity contribution is 0.568. The van der Waals surface area contributed by atoms with Gasteiger partial charge in [0.1, 0.15) is 5.82 Å². The average Bonchev–Trinajstić information content (AvgIpc) is 2.41. The maximum absolute atomic E-state index is 13.3. The van der Waals surface area contributed by atoms with Crippen molar-refractivity contribution in [3.8, 4) is 0 Å². The number of nitrogens with one attached hydrogen (secondary N) is 1. The minimum atomic E-state index is -0.447. The van der Waals surface area contributed by atoms with Crippen LogP contribution in [0.5, 0.6) is 0 Å². The van der Waals surface area contributed by atoms with Crippen LogP contribution in [0.25, 0.3) is 10.9 Å². The van der Waals surface area contributed by atoms with Crippen LogP contribution in [-0.2, 0) is 0 Å². The molecule has 0 spiro atoms. The van der Waals surface area contributed by atoms with Gasteiger partial charge in [-0.1, -0.05) is 0 Å². The Morgan fingerprint density at radius 1 is 1.26 bits per heavy atom. The lowest BCUT2D eigenvalue weighted by Crippen LogP contribution is -2.32. The minimum absolute atomic E-state index is 0.271. The zero-order valence-electron chi connectivity index (χ0n) is 10.2. The highest BCUT2D eigenvalue weighted by atomic mass is 79.9. The molecule has 100 valence electrons. The van der Waals surface area contributed by atoms with Crippen LogP contribution in [0.2, 0.25) is 0 Å². The molecule has 4 nitrogen and oxygen atoms in total. The second kappa shape index (κ2) is 4.92. The molecule has 1 aliphatic heterocycles. The lowest BCUT2D eigenvalue weighted by atomic mass is 10.1. The summed E-state index contributed by atoms with van der Waals surface area (Å²) in [6.45, 7) is 1.79. The highest BCUT2D eigenvalue weighted by Crippen LogP contribution is 2.23. The van der Waals surface area contributed by atoms with Crippen molar-refractivity contribution in [3.63, 3.8) is 0 Å². The number of hydrogen-bond acceptors (Lipinski definition) is 3. The van der Waals surface area contributed by atoms with Gasteiger partial charge in [-0.25, -0.2) is 9.37 Å². The third-order valence-electron chi connectivity index (χ3n) is 3.37. The van der Waals surface area contributed by atoms with Crippen LogP contribution in [0.3, 0.4) is 0 Å². The van der Waals surface area contributed by atoms with Crippen molar-refractivity contribution in [2.75, 3.05) is 18.0 Å². The normalized spacial score (nSPS) is 16.0. The van der Waals surface area contributed by atoms with Gasteiger partial charge >= 0.3 is 0 Å². The fourth-order valence-electron chi connectivity index (χ4n) is 2.41. The van der Waals surface area contributed by atoms with Crippen molar-refractivity contribution in [1.82, 2.24) is 9.97 Å². The number of rotatable bonds is 1. The van der Waals surface area contributed by atoms with Crippen molar-refractivity contribution >= 4 is 32.8 Å². The lowest BCUT2D eigenvalue weighted by Gasteiger charge is -2.27. The Morgan fingerprint density at radius 3 is 2.74 bits per heavy atom. The molecule has 0 amide bonds. The van der Waals surface area contributed by atoms with Crippen LogP contribution in [0.15, 0.2) is 21.4 Å². The van der Waals surface area contributed by atoms with Gasteiger partial charge in [-0.05, 0) is 47.3 Å². The van der Waals surface area contributed by atoms with Crippen molar-refractivity contribution in [1.29, 1.82) is 0 Å². The molecule has 1 aromatic heterocycles. The number of halogens is 2. The number of nitrogens with zero attached hydrogens (tertiary/aromatic N) is 2. The highest BCUT2D eigenvalue weighted by Gasteiger charge is 2.16. The number of benzene rings is 1. The zero-order valence-corrected chi connectivity index (χ0v) is 11.8. The van der Waals surface area contributed by atoms with Gasteiger partial charge < -0.3 is 4.90 Å². The number of aromatic amines is 1. The van der Waals surface area contributed by atoms with Crippen molar-refractivity contribution in [3.05, 3.63) is 32.8 Å². The number of aromatic nitrogens is 2. The Kier molecular flexibility index (Phi) is 3.26. The van der Waals surface area contributed by atoms with E-state index in [1.54, 1.807) is 0 Å². The minimum Gasteiger partial charge on any atom is -0.342 e. The summed E-state index contributed by atoms with van der Waals surface area (Å²) in [4.78, 5) is 21.3. The first-order valence-electron chi connectivity index (χ1n) is 6.29. The van der Waals surface area contributed by atoms with Crippen LogP contribution >= 0.6 is 15.9 Å². The van der Waals surface area contributed by atoms with Crippen molar-refractivity contribution < 1.29 is 4.39 Å². The standard InChI is InChI=1S/C13H13BrFN3O/c14-10-7-8(15)6-9-11(10)16-13(17-12(9)19)18-4-2-1-3-5-18/h6-7H,1-5H2,(H,16,17,19). The molecule has 0 atom stereocenters. The number of fused-ring (bicyclic) bond motifs is 1. The summed E-state index contributed by atoms with van der Waals surface area (Å²) < 4.78 is 13.8. The van der Waals surface area contributed by atoms with E-state index < -0.39 is 5.82 Å². The molecule has 6 heteroatoms. The molecule has 19 heavy (non-hydrogen) atoms. The maximum atomic E-state index is 13.3. The quantitative estimate of drug-likeness (QED) is 0.877. The SMILES string of the molecule is O=c1[nH]c(N2CCCCC2)nc2c(Br)cc(F)cc12. The van der Waals surface area contributed by atoms with Gasteiger partial charge in [0.15, 0.2) is 0 Å². The number of anilines is 1. The maximum Gasteiger partial charge on any atom is 0.260 e. The van der Waals surface area contributed by atoms with Gasteiger partial charge in [-0.3, -0.25) is 9.78 Å². The summed E-state index contributed by atoms with van der Waals surface area (Å²) in [6, 6.07) is 2.54. The topological polar surface area (TPSA) is 49.0 Å². The third kappa shape index (κ3) is 2.36. The summed E-state index contributed by atoms with van der Waals surface area (Å²) in [5, 5.41) is 0.271. The fraction of sp³-hybridized carbons (Fsp3) is 0.385. The summed E-state index contributed by atoms with van der Waals surface area (Å²) in [5.74, 6) is 0.127. The zero-order chi connectivity index (χ0) is 13.4. The molecule has 0 unspecified atom stereocenters. The second-order valence-corrected chi connectivity index (χ2v) is 5.58. The first kappa shape index (κ1) is 12.6. The molecule has 2 aromatic rings. The fourth-order valence-corrected chi connectivity index (χ4v) is 2.93. The van der Waals surface area contributed by atoms with E-state index in [-0.39, 0.29) is 10.9 Å². The summed E-state index contributed by atoms with van der Waals surface area (Å²) in [6.07, 6.45) is 3.42. The van der Waals surface area contributed by atoms with Crippen molar-refractivity contribution in [2.45, 2.75) is 19.3 Å². The first-order chi connectivity index (χ1) is 9.15. The molecule has 3 rings (SSSR count). The molecule has 1 aliphatic rings. The van der Waals surface area contributed by atoms with Gasteiger partial charge in [-0.15, -0.1) is 0 Å². The molecule has 0 radical (unpaired) electrons. The molecule has 0 saturated carbocycles. The van der Waals surface area contributed by atoms with Crippen LogP contribution in [0.1, 0.15) is 19.3 Å². The molecule has 2 heterocycles.